The lowest BCUT2D eigenvalue weighted by atomic mass is 9.94. The Morgan fingerprint density at radius 1 is 1.21 bits per heavy atom. The van der Waals surface area contributed by atoms with Gasteiger partial charge in [0.1, 0.15) is 0 Å². The first-order valence-electron chi connectivity index (χ1n) is 6.43. The maximum Gasteiger partial charge on any atom is 0.238 e. The fraction of sp³-hybridized carbons (Fsp3) is 0.538. The minimum Gasteiger partial charge on any atom is -0.381 e. The van der Waals surface area contributed by atoms with Gasteiger partial charge >= 0.3 is 0 Å². The van der Waals surface area contributed by atoms with Gasteiger partial charge in [0.15, 0.2) is 0 Å². The fourth-order valence-corrected chi connectivity index (χ4v) is 3.95. The molecule has 19 heavy (non-hydrogen) atoms. The summed E-state index contributed by atoms with van der Waals surface area (Å²) in [6.45, 7) is 0. The summed E-state index contributed by atoms with van der Waals surface area (Å²) < 4.78 is 22.4. The van der Waals surface area contributed by atoms with Crippen LogP contribution in [0.25, 0.3) is 0 Å². The molecule has 0 aromatic heterocycles. The molecule has 0 amide bonds. The summed E-state index contributed by atoms with van der Waals surface area (Å²) in [5.41, 5.74) is 0.957. The van der Waals surface area contributed by atoms with E-state index in [1.54, 1.807) is 24.3 Å². The van der Waals surface area contributed by atoms with E-state index < -0.39 is 10.0 Å². The van der Waals surface area contributed by atoms with Crippen LogP contribution in [0.15, 0.2) is 29.2 Å². The Hall–Kier alpha value is -0.720. The van der Waals surface area contributed by atoms with Crippen molar-refractivity contribution in [1.29, 1.82) is 0 Å². The molecule has 2 atom stereocenters. The van der Waals surface area contributed by atoms with Gasteiger partial charge in [-0.2, -0.15) is 11.8 Å². The number of hydrogen-bond donors (Lipinski definition) is 2. The molecule has 1 aromatic rings. The highest BCUT2D eigenvalue weighted by atomic mass is 32.2. The first kappa shape index (κ1) is 14.7. The Labute approximate surface area is 119 Å². The molecule has 1 saturated carbocycles. The number of primary sulfonamides is 1. The molecular formula is C13H20N2O2S2. The average Bonchev–Trinajstić information content (AvgIpc) is 2.39. The van der Waals surface area contributed by atoms with Crippen LogP contribution in [0.3, 0.4) is 0 Å². The highest BCUT2D eigenvalue weighted by molar-refractivity contribution is 7.99. The van der Waals surface area contributed by atoms with Crippen LogP contribution in [-0.4, -0.2) is 26.0 Å². The molecule has 1 aliphatic carbocycles. The highest BCUT2D eigenvalue weighted by Crippen LogP contribution is 2.29. The number of sulfonamides is 1. The molecular weight excluding hydrogens is 280 g/mol. The van der Waals surface area contributed by atoms with Gasteiger partial charge in [0.05, 0.1) is 4.90 Å². The van der Waals surface area contributed by atoms with Crippen molar-refractivity contribution in [3.05, 3.63) is 24.3 Å². The first-order valence-corrected chi connectivity index (χ1v) is 9.26. The van der Waals surface area contributed by atoms with Gasteiger partial charge in [-0.1, -0.05) is 12.8 Å². The zero-order valence-corrected chi connectivity index (χ0v) is 12.6. The highest BCUT2D eigenvalue weighted by Gasteiger charge is 2.24. The molecule has 2 unspecified atom stereocenters. The molecule has 106 valence electrons. The number of hydrogen-bond acceptors (Lipinski definition) is 4. The van der Waals surface area contributed by atoms with E-state index in [9.17, 15) is 8.42 Å². The van der Waals surface area contributed by atoms with Crippen LogP contribution in [0.2, 0.25) is 0 Å². The van der Waals surface area contributed by atoms with Crippen LogP contribution in [0.5, 0.6) is 0 Å². The number of anilines is 1. The van der Waals surface area contributed by atoms with E-state index in [1.807, 2.05) is 11.8 Å². The Morgan fingerprint density at radius 2 is 1.84 bits per heavy atom. The van der Waals surface area contributed by atoms with Crippen molar-refractivity contribution in [3.63, 3.8) is 0 Å². The summed E-state index contributed by atoms with van der Waals surface area (Å²) in [4.78, 5) is 0.156. The second-order valence-electron chi connectivity index (χ2n) is 4.88. The van der Waals surface area contributed by atoms with Crippen molar-refractivity contribution in [1.82, 2.24) is 0 Å². The molecule has 0 aliphatic heterocycles. The fourth-order valence-electron chi connectivity index (χ4n) is 2.50. The smallest absolute Gasteiger partial charge is 0.238 e. The Morgan fingerprint density at radius 3 is 2.42 bits per heavy atom. The molecule has 0 saturated heterocycles. The topological polar surface area (TPSA) is 72.2 Å². The van der Waals surface area contributed by atoms with Crippen LogP contribution < -0.4 is 10.5 Å². The van der Waals surface area contributed by atoms with Crippen molar-refractivity contribution >= 4 is 27.5 Å². The lowest BCUT2D eigenvalue weighted by Crippen LogP contribution is -2.34. The molecule has 0 spiro atoms. The van der Waals surface area contributed by atoms with Gasteiger partial charge in [-0.15, -0.1) is 0 Å². The second kappa shape index (κ2) is 6.15. The number of thioether (sulfide) groups is 1. The summed E-state index contributed by atoms with van der Waals surface area (Å²) in [6, 6.07) is 7.13. The van der Waals surface area contributed by atoms with Crippen LogP contribution >= 0.6 is 11.8 Å². The maximum absolute atomic E-state index is 11.2. The molecule has 0 bridgehead atoms. The monoisotopic (exact) mass is 300 g/mol. The van der Waals surface area contributed by atoms with Crippen LogP contribution in [0.4, 0.5) is 5.69 Å². The molecule has 2 rings (SSSR count). The molecule has 0 radical (unpaired) electrons. The molecule has 1 aliphatic rings. The van der Waals surface area contributed by atoms with E-state index in [2.05, 4.69) is 11.6 Å². The van der Waals surface area contributed by atoms with E-state index in [0.717, 1.165) is 5.69 Å². The maximum atomic E-state index is 11.2. The number of nitrogens with one attached hydrogen (secondary N) is 1. The second-order valence-corrected chi connectivity index (χ2v) is 7.52. The lowest BCUT2D eigenvalue weighted by Gasteiger charge is -2.31. The predicted octanol–water partition coefficient (Wildman–Crippen LogP) is 2.42. The van der Waals surface area contributed by atoms with Crippen molar-refractivity contribution in [3.8, 4) is 0 Å². The van der Waals surface area contributed by atoms with Crippen molar-refractivity contribution in [2.24, 2.45) is 5.14 Å². The van der Waals surface area contributed by atoms with Gasteiger partial charge in [-0.05, 0) is 43.4 Å². The zero-order valence-electron chi connectivity index (χ0n) is 11.0. The van der Waals surface area contributed by atoms with E-state index in [4.69, 9.17) is 5.14 Å². The summed E-state index contributed by atoms with van der Waals surface area (Å²) in [7, 11) is -3.60. The number of benzene rings is 1. The Bertz CT molecular complexity index is 514. The normalized spacial score (nSPS) is 24.1. The van der Waals surface area contributed by atoms with Crippen LogP contribution in [0, 0.1) is 0 Å². The Balaban J connectivity index is 2.06. The zero-order chi connectivity index (χ0) is 13.9. The van der Waals surface area contributed by atoms with Crippen LogP contribution in [-0.2, 0) is 10.0 Å². The van der Waals surface area contributed by atoms with Crippen molar-refractivity contribution in [2.45, 2.75) is 41.9 Å². The number of rotatable bonds is 4. The summed E-state index contributed by atoms with van der Waals surface area (Å²) in [5, 5.41) is 9.22. The van der Waals surface area contributed by atoms with Crippen LogP contribution in [0.1, 0.15) is 25.7 Å². The third kappa shape index (κ3) is 3.87. The van der Waals surface area contributed by atoms with Gasteiger partial charge in [-0.25, -0.2) is 13.6 Å². The largest absolute Gasteiger partial charge is 0.381 e. The third-order valence-electron chi connectivity index (χ3n) is 3.54. The SMILES string of the molecule is CSC1CCCCC1Nc1ccc(S(N)(=O)=O)cc1. The average molecular weight is 300 g/mol. The van der Waals surface area contributed by atoms with E-state index in [1.165, 1.54) is 25.7 Å². The summed E-state index contributed by atoms with van der Waals surface area (Å²) in [5.74, 6) is 0. The van der Waals surface area contributed by atoms with Gasteiger partial charge in [0.25, 0.3) is 0 Å². The summed E-state index contributed by atoms with van der Waals surface area (Å²) >= 11 is 1.90. The van der Waals surface area contributed by atoms with E-state index in [-0.39, 0.29) is 4.90 Å². The quantitative estimate of drug-likeness (QED) is 0.895. The van der Waals surface area contributed by atoms with Gasteiger partial charge in [0.2, 0.25) is 10.0 Å². The third-order valence-corrected chi connectivity index (χ3v) is 5.64. The molecule has 4 nitrogen and oxygen atoms in total. The Kier molecular flexibility index (Phi) is 4.76. The molecule has 3 N–H and O–H groups in total. The van der Waals surface area contributed by atoms with Gasteiger partial charge in [0, 0.05) is 17.0 Å². The molecule has 1 aromatic carbocycles. The first-order chi connectivity index (χ1) is 9.00. The van der Waals surface area contributed by atoms with Gasteiger partial charge in [-0.3, -0.25) is 0 Å². The van der Waals surface area contributed by atoms with Crippen molar-refractivity contribution in [2.75, 3.05) is 11.6 Å². The number of nitrogens with two attached hydrogens (primary N) is 1. The minimum absolute atomic E-state index is 0.156. The van der Waals surface area contributed by atoms with Crippen molar-refractivity contribution < 1.29 is 8.42 Å². The molecule has 6 heteroatoms. The molecule has 0 heterocycles. The predicted molar refractivity (Wildman–Crippen MR) is 81.0 cm³/mol. The molecule has 1 fully saturated rings. The standard InChI is InChI=1S/C13H20N2O2S2/c1-18-13-5-3-2-4-12(13)15-10-6-8-11(9-7-10)19(14,16)17/h6-9,12-13,15H,2-5H2,1H3,(H2,14,16,17). The lowest BCUT2D eigenvalue weighted by molar-refractivity contribution is 0.475. The minimum atomic E-state index is -3.60. The van der Waals surface area contributed by atoms with E-state index >= 15 is 0 Å². The van der Waals surface area contributed by atoms with E-state index in [0.29, 0.717) is 11.3 Å². The van der Waals surface area contributed by atoms with Gasteiger partial charge < -0.3 is 5.32 Å². The summed E-state index contributed by atoms with van der Waals surface area (Å²) in [6.07, 6.45) is 7.11.